The van der Waals surface area contributed by atoms with E-state index in [4.69, 9.17) is 4.98 Å². The molecular formula is C22H26N6O3S. The number of fused-ring (bicyclic) bond motifs is 1. The van der Waals surface area contributed by atoms with Gasteiger partial charge in [0.15, 0.2) is 0 Å². The van der Waals surface area contributed by atoms with E-state index in [2.05, 4.69) is 15.6 Å². The van der Waals surface area contributed by atoms with E-state index in [-0.39, 0.29) is 17.0 Å². The average molecular weight is 455 g/mol. The molecule has 2 heterocycles. The minimum absolute atomic E-state index is 0.0185. The van der Waals surface area contributed by atoms with Crippen LogP contribution >= 0.6 is 11.3 Å². The van der Waals surface area contributed by atoms with Crippen molar-refractivity contribution >= 4 is 44.9 Å². The third kappa shape index (κ3) is 4.96. The molecule has 2 aromatic heterocycles. The zero-order chi connectivity index (χ0) is 22.7. The minimum atomic E-state index is -0.476. The molecule has 0 saturated heterocycles. The maximum Gasteiger partial charge on any atom is 0.324 e. The first kappa shape index (κ1) is 21.9. The van der Waals surface area contributed by atoms with Gasteiger partial charge in [-0.05, 0) is 43.7 Å². The van der Waals surface area contributed by atoms with Crippen LogP contribution in [0.3, 0.4) is 0 Å². The van der Waals surface area contributed by atoms with Crippen molar-refractivity contribution in [3.05, 3.63) is 51.4 Å². The fourth-order valence-corrected chi connectivity index (χ4v) is 4.74. The molecule has 10 heteroatoms. The van der Waals surface area contributed by atoms with E-state index in [9.17, 15) is 14.9 Å². The van der Waals surface area contributed by atoms with Crippen molar-refractivity contribution in [2.24, 2.45) is 5.92 Å². The van der Waals surface area contributed by atoms with Crippen molar-refractivity contribution in [1.29, 1.82) is 0 Å². The van der Waals surface area contributed by atoms with Crippen LogP contribution in [0.15, 0.2) is 35.7 Å². The van der Waals surface area contributed by atoms with E-state index in [0.29, 0.717) is 24.0 Å². The van der Waals surface area contributed by atoms with Gasteiger partial charge in [0.1, 0.15) is 5.82 Å². The number of nitrogens with zero attached hydrogens (tertiary/aromatic N) is 4. The molecule has 1 fully saturated rings. The number of para-hydroxylation sites is 1. The fraction of sp³-hybridized carbons (Fsp3) is 0.409. The lowest BCUT2D eigenvalue weighted by Gasteiger charge is -2.29. The molecule has 1 amide bonds. The van der Waals surface area contributed by atoms with E-state index in [1.54, 1.807) is 0 Å². The summed E-state index contributed by atoms with van der Waals surface area (Å²) in [7, 11) is 3.96. The Kier molecular flexibility index (Phi) is 6.50. The predicted octanol–water partition coefficient (Wildman–Crippen LogP) is 4.07. The molecule has 32 heavy (non-hydrogen) atoms. The van der Waals surface area contributed by atoms with Gasteiger partial charge in [-0.25, -0.2) is 4.98 Å². The van der Waals surface area contributed by atoms with Crippen LogP contribution in [0.25, 0.3) is 10.9 Å². The highest BCUT2D eigenvalue weighted by Crippen LogP contribution is 2.28. The summed E-state index contributed by atoms with van der Waals surface area (Å²) in [6.45, 7) is 0.576. The van der Waals surface area contributed by atoms with Crippen molar-refractivity contribution in [2.75, 3.05) is 30.9 Å². The van der Waals surface area contributed by atoms with Crippen LogP contribution in [-0.2, 0) is 0 Å². The van der Waals surface area contributed by atoms with Crippen LogP contribution in [-0.4, -0.2) is 47.5 Å². The number of nitro groups is 1. The molecule has 0 unspecified atom stereocenters. The van der Waals surface area contributed by atoms with Crippen LogP contribution in [0, 0.1) is 16.0 Å². The molecule has 0 spiro atoms. The second-order valence-electron chi connectivity index (χ2n) is 8.29. The second kappa shape index (κ2) is 9.47. The van der Waals surface area contributed by atoms with Gasteiger partial charge < -0.3 is 15.5 Å². The summed E-state index contributed by atoms with van der Waals surface area (Å²) in [5.74, 6) is 1.67. The number of amides is 1. The lowest BCUT2D eigenvalue weighted by atomic mass is 9.86. The largest absolute Gasteiger partial charge is 0.362 e. The van der Waals surface area contributed by atoms with Crippen LogP contribution in [0.2, 0.25) is 0 Å². The molecule has 1 aliphatic carbocycles. The van der Waals surface area contributed by atoms with Crippen molar-refractivity contribution < 1.29 is 9.72 Å². The summed E-state index contributed by atoms with van der Waals surface area (Å²) >= 11 is 0.969. The number of hydrogen-bond donors (Lipinski definition) is 2. The van der Waals surface area contributed by atoms with Crippen molar-refractivity contribution in [3.8, 4) is 0 Å². The molecule has 1 aliphatic rings. The molecule has 1 aromatic carbocycles. The quantitative estimate of drug-likeness (QED) is 0.409. The summed E-state index contributed by atoms with van der Waals surface area (Å²) in [6.07, 6.45) is 3.90. The monoisotopic (exact) mass is 454 g/mol. The molecule has 168 valence electrons. The van der Waals surface area contributed by atoms with Crippen LogP contribution in [0.4, 0.5) is 16.8 Å². The number of nitrogens with one attached hydrogen (secondary N) is 2. The molecule has 1 saturated carbocycles. The van der Waals surface area contributed by atoms with Gasteiger partial charge in [0.05, 0.1) is 16.0 Å². The number of carbonyl (C=O) groups is 1. The van der Waals surface area contributed by atoms with E-state index < -0.39 is 4.92 Å². The second-order valence-corrected chi connectivity index (χ2v) is 9.17. The van der Waals surface area contributed by atoms with Crippen molar-refractivity contribution in [1.82, 2.24) is 15.3 Å². The standard InChI is InChI=1S/C22H26N6O3S/c1-27(2)20-17-5-3-4-6-18(17)25-22(26-20)24-16-9-7-14(8-10-16)12-23-21(29)15-11-19(28(30)31)32-13-15/h3-6,11,13-14,16H,7-10,12H2,1-2H3,(H,23,29)(H,24,25,26). The summed E-state index contributed by atoms with van der Waals surface area (Å²) in [4.78, 5) is 34.0. The minimum Gasteiger partial charge on any atom is -0.362 e. The Labute approximate surface area is 190 Å². The van der Waals surface area contributed by atoms with Gasteiger partial charge in [0, 0.05) is 43.5 Å². The molecule has 0 atom stereocenters. The first-order valence-corrected chi connectivity index (χ1v) is 11.5. The van der Waals surface area contributed by atoms with Crippen molar-refractivity contribution in [3.63, 3.8) is 0 Å². The number of hydrogen-bond acceptors (Lipinski definition) is 8. The van der Waals surface area contributed by atoms with E-state index in [1.807, 2.05) is 43.3 Å². The number of aromatic nitrogens is 2. The highest BCUT2D eigenvalue weighted by molar-refractivity contribution is 7.13. The molecule has 2 N–H and O–H groups in total. The summed E-state index contributed by atoms with van der Waals surface area (Å²) in [6, 6.07) is 9.61. The van der Waals surface area contributed by atoms with Gasteiger partial charge in [-0.1, -0.05) is 23.5 Å². The molecule has 9 nitrogen and oxygen atoms in total. The Morgan fingerprint density at radius 3 is 2.66 bits per heavy atom. The van der Waals surface area contributed by atoms with Crippen LogP contribution in [0.5, 0.6) is 0 Å². The summed E-state index contributed by atoms with van der Waals surface area (Å²) in [5, 5.41) is 19.7. The number of rotatable bonds is 7. The first-order chi connectivity index (χ1) is 15.4. The van der Waals surface area contributed by atoms with Gasteiger partial charge >= 0.3 is 5.00 Å². The molecular weight excluding hydrogens is 428 g/mol. The lowest BCUT2D eigenvalue weighted by Crippen LogP contribution is -2.34. The molecule has 0 radical (unpaired) electrons. The Hall–Kier alpha value is -3.27. The summed E-state index contributed by atoms with van der Waals surface area (Å²) < 4.78 is 0. The zero-order valence-electron chi connectivity index (χ0n) is 18.1. The van der Waals surface area contributed by atoms with Crippen LogP contribution in [0.1, 0.15) is 36.0 Å². The normalized spacial score (nSPS) is 18.3. The Balaban J connectivity index is 1.30. The number of carbonyl (C=O) groups excluding carboxylic acids is 1. The SMILES string of the molecule is CN(C)c1nc(NC2CCC(CNC(=O)c3csc([N+](=O)[O-])c3)CC2)nc2ccccc12. The van der Waals surface area contributed by atoms with Gasteiger partial charge in [-0.15, -0.1) is 0 Å². The highest BCUT2D eigenvalue weighted by Gasteiger charge is 2.23. The maximum atomic E-state index is 12.3. The topological polar surface area (TPSA) is 113 Å². The number of thiophene rings is 1. The van der Waals surface area contributed by atoms with E-state index >= 15 is 0 Å². The van der Waals surface area contributed by atoms with Crippen LogP contribution < -0.4 is 15.5 Å². The maximum absolute atomic E-state index is 12.3. The third-order valence-electron chi connectivity index (χ3n) is 5.77. The number of anilines is 2. The summed E-state index contributed by atoms with van der Waals surface area (Å²) in [5.41, 5.74) is 1.26. The Morgan fingerprint density at radius 2 is 1.97 bits per heavy atom. The molecule has 4 rings (SSSR count). The molecule has 0 aliphatic heterocycles. The van der Waals surface area contributed by atoms with Crippen molar-refractivity contribution in [2.45, 2.75) is 31.7 Å². The molecule has 3 aromatic rings. The third-order valence-corrected chi connectivity index (χ3v) is 6.65. The van der Waals surface area contributed by atoms with Gasteiger partial charge in [-0.3, -0.25) is 14.9 Å². The zero-order valence-corrected chi connectivity index (χ0v) is 18.9. The van der Waals surface area contributed by atoms with E-state index in [0.717, 1.165) is 53.7 Å². The van der Waals surface area contributed by atoms with Gasteiger partial charge in [0.25, 0.3) is 5.91 Å². The van der Waals surface area contributed by atoms with Gasteiger partial charge in [-0.2, -0.15) is 4.98 Å². The fourth-order valence-electron chi connectivity index (χ4n) is 4.04. The Morgan fingerprint density at radius 1 is 1.22 bits per heavy atom. The smallest absolute Gasteiger partial charge is 0.324 e. The van der Waals surface area contributed by atoms with E-state index in [1.165, 1.54) is 11.4 Å². The lowest BCUT2D eigenvalue weighted by molar-refractivity contribution is -0.380. The number of benzene rings is 1. The Bertz CT molecular complexity index is 1120. The van der Waals surface area contributed by atoms with Gasteiger partial charge in [0.2, 0.25) is 5.95 Å². The molecule has 0 bridgehead atoms. The predicted molar refractivity (Wildman–Crippen MR) is 127 cm³/mol. The average Bonchev–Trinajstić information content (AvgIpc) is 3.29. The highest BCUT2D eigenvalue weighted by atomic mass is 32.1. The first-order valence-electron chi connectivity index (χ1n) is 10.6.